The molecule has 1 aromatic heterocycles. The smallest absolute Gasteiger partial charge is 0.115 e. The molecule has 1 aliphatic rings. The molecular formula is C9H12N3. The Labute approximate surface area is 72.2 Å². The Bertz CT molecular complexity index is 229. The second-order valence-corrected chi connectivity index (χ2v) is 3.12. The normalized spacial score (nSPS) is 19.3. The zero-order chi connectivity index (χ0) is 8.23. The van der Waals surface area contributed by atoms with Gasteiger partial charge in [-0.3, -0.25) is 0 Å². The van der Waals surface area contributed by atoms with Gasteiger partial charge in [0.25, 0.3) is 0 Å². The lowest BCUT2D eigenvalue weighted by Crippen LogP contribution is -2.21. The van der Waals surface area contributed by atoms with Crippen LogP contribution >= 0.6 is 0 Å². The van der Waals surface area contributed by atoms with E-state index in [4.69, 9.17) is 0 Å². The molecule has 1 saturated heterocycles. The molecule has 0 N–H and O–H groups in total. The van der Waals surface area contributed by atoms with Crippen LogP contribution in [0.4, 0.5) is 0 Å². The molecule has 0 atom stereocenters. The van der Waals surface area contributed by atoms with Crippen LogP contribution < -0.4 is 5.32 Å². The van der Waals surface area contributed by atoms with E-state index in [1.54, 1.807) is 6.33 Å². The van der Waals surface area contributed by atoms with E-state index in [1.807, 2.05) is 12.4 Å². The quantitative estimate of drug-likeness (QED) is 0.617. The molecule has 1 aromatic rings. The minimum atomic E-state index is 0.642. The molecule has 0 aliphatic carbocycles. The summed E-state index contributed by atoms with van der Waals surface area (Å²) in [7, 11) is 0. The summed E-state index contributed by atoms with van der Waals surface area (Å²) in [6, 6.07) is 0. The van der Waals surface area contributed by atoms with Crippen LogP contribution in [0.15, 0.2) is 18.7 Å². The highest BCUT2D eigenvalue weighted by molar-refractivity contribution is 5.10. The molecule has 3 heteroatoms. The second-order valence-electron chi connectivity index (χ2n) is 3.12. The molecule has 1 aliphatic heterocycles. The van der Waals surface area contributed by atoms with E-state index in [1.165, 1.54) is 5.56 Å². The number of piperidine rings is 1. The maximum Gasteiger partial charge on any atom is 0.115 e. The fourth-order valence-electron chi connectivity index (χ4n) is 1.61. The number of hydrogen-bond acceptors (Lipinski definition) is 2. The van der Waals surface area contributed by atoms with Crippen molar-refractivity contribution in [2.75, 3.05) is 13.1 Å². The number of aromatic nitrogens is 2. The van der Waals surface area contributed by atoms with Gasteiger partial charge in [0.15, 0.2) is 0 Å². The molecule has 0 aromatic carbocycles. The molecule has 0 unspecified atom stereocenters. The van der Waals surface area contributed by atoms with Gasteiger partial charge >= 0.3 is 0 Å². The van der Waals surface area contributed by atoms with E-state index >= 15 is 0 Å². The number of rotatable bonds is 1. The first-order valence-electron chi connectivity index (χ1n) is 4.35. The molecule has 0 saturated carbocycles. The molecule has 12 heavy (non-hydrogen) atoms. The third-order valence-electron chi connectivity index (χ3n) is 2.32. The van der Waals surface area contributed by atoms with Crippen LogP contribution in [0.25, 0.3) is 0 Å². The first kappa shape index (κ1) is 7.68. The van der Waals surface area contributed by atoms with Gasteiger partial charge in [-0.2, -0.15) is 0 Å². The lowest BCUT2D eigenvalue weighted by atomic mass is 9.92. The highest BCUT2D eigenvalue weighted by Gasteiger charge is 2.15. The summed E-state index contributed by atoms with van der Waals surface area (Å²) in [6.07, 6.45) is 7.74. The van der Waals surface area contributed by atoms with Crippen molar-refractivity contribution in [3.05, 3.63) is 24.3 Å². The highest BCUT2D eigenvalue weighted by atomic mass is 14.9. The summed E-state index contributed by atoms with van der Waals surface area (Å²) in [5, 5.41) is 4.31. The molecule has 0 bridgehead atoms. The zero-order valence-corrected chi connectivity index (χ0v) is 6.98. The first-order chi connectivity index (χ1) is 5.97. The summed E-state index contributed by atoms with van der Waals surface area (Å²) >= 11 is 0. The molecule has 0 spiro atoms. The fourth-order valence-corrected chi connectivity index (χ4v) is 1.61. The fraction of sp³-hybridized carbons (Fsp3) is 0.556. The van der Waals surface area contributed by atoms with Crippen LogP contribution in [0.3, 0.4) is 0 Å². The van der Waals surface area contributed by atoms with Crippen molar-refractivity contribution in [3.8, 4) is 0 Å². The second kappa shape index (κ2) is 3.63. The number of nitrogens with zero attached hydrogens (tertiary/aromatic N) is 3. The third kappa shape index (κ3) is 1.61. The molecule has 2 heterocycles. The summed E-state index contributed by atoms with van der Waals surface area (Å²) in [5.41, 5.74) is 1.27. The van der Waals surface area contributed by atoms with Crippen molar-refractivity contribution < 1.29 is 0 Å². The van der Waals surface area contributed by atoms with Crippen molar-refractivity contribution in [2.45, 2.75) is 18.8 Å². The van der Waals surface area contributed by atoms with Gasteiger partial charge in [0.1, 0.15) is 6.33 Å². The number of hydrogen-bond donors (Lipinski definition) is 0. The Morgan fingerprint density at radius 1 is 1.08 bits per heavy atom. The summed E-state index contributed by atoms with van der Waals surface area (Å²) in [5.74, 6) is 0.642. The van der Waals surface area contributed by atoms with E-state index in [-0.39, 0.29) is 0 Å². The predicted molar refractivity (Wildman–Crippen MR) is 45.9 cm³/mol. The van der Waals surface area contributed by atoms with Crippen LogP contribution in [0.2, 0.25) is 0 Å². The van der Waals surface area contributed by atoms with Crippen LogP contribution in [0.5, 0.6) is 0 Å². The van der Waals surface area contributed by atoms with Crippen LogP contribution in [0, 0.1) is 0 Å². The minimum absolute atomic E-state index is 0.642. The molecule has 3 nitrogen and oxygen atoms in total. The topological polar surface area (TPSA) is 39.9 Å². The maximum atomic E-state index is 4.31. The Morgan fingerprint density at radius 2 is 1.75 bits per heavy atom. The summed E-state index contributed by atoms with van der Waals surface area (Å²) in [6.45, 7) is 2.00. The van der Waals surface area contributed by atoms with E-state index in [0.29, 0.717) is 5.92 Å². The van der Waals surface area contributed by atoms with Crippen LogP contribution in [-0.2, 0) is 0 Å². The van der Waals surface area contributed by atoms with E-state index in [2.05, 4.69) is 15.3 Å². The average Bonchev–Trinajstić information content (AvgIpc) is 2.21. The maximum absolute atomic E-state index is 4.31. The average molecular weight is 162 g/mol. The SMILES string of the molecule is c1ncc(C2CC[N]CC2)cn1. The van der Waals surface area contributed by atoms with Crippen molar-refractivity contribution in [1.82, 2.24) is 15.3 Å². The Morgan fingerprint density at radius 3 is 2.42 bits per heavy atom. The van der Waals surface area contributed by atoms with Gasteiger partial charge in [-0.1, -0.05) is 0 Å². The van der Waals surface area contributed by atoms with Gasteiger partial charge in [-0.25, -0.2) is 15.3 Å². The first-order valence-corrected chi connectivity index (χ1v) is 4.35. The predicted octanol–water partition coefficient (Wildman–Crippen LogP) is 0.958. The van der Waals surface area contributed by atoms with Crippen molar-refractivity contribution in [1.29, 1.82) is 0 Å². The van der Waals surface area contributed by atoms with Gasteiger partial charge in [0, 0.05) is 25.5 Å². The largest absolute Gasteiger partial charge is 0.245 e. The van der Waals surface area contributed by atoms with Crippen LogP contribution in [0.1, 0.15) is 24.3 Å². The van der Waals surface area contributed by atoms with Crippen molar-refractivity contribution in [2.24, 2.45) is 0 Å². The van der Waals surface area contributed by atoms with Gasteiger partial charge in [0.05, 0.1) is 0 Å². The van der Waals surface area contributed by atoms with Crippen molar-refractivity contribution >= 4 is 0 Å². The molecule has 63 valence electrons. The molecule has 1 fully saturated rings. The Hall–Kier alpha value is -0.960. The molecule has 0 amide bonds. The van der Waals surface area contributed by atoms with Crippen molar-refractivity contribution in [3.63, 3.8) is 0 Å². The van der Waals surface area contributed by atoms with Gasteiger partial charge in [-0.05, 0) is 24.3 Å². The van der Waals surface area contributed by atoms with Gasteiger partial charge in [0.2, 0.25) is 0 Å². The van der Waals surface area contributed by atoms with E-state index < -0.39 is 0 Å². The molecule has 2 rings (SSSR count). The van der Waals surface area contributed by atoms with Gasteiger partial charge < -0.3 is 0 Å². The highest BCUT2D eigenvalue weighted by Crippen LogP contribution is 2.23. The monoisotopic (exact) mass is 162 g/mol. The molecule has 1 radical (unpaired) electrons. The lowest BCUT2D eigenvalue weighted by molar-refractivity contribution is 0.452. The Kier molecular flexibility index (Phi) is 2.32. The standard InChI is InChI=1S/C9H12N3/c1-3-10-4-2-8(1)9-5-11-7-12-6-9/h5-8H,1-4H2. The minimum Gasteiger partial charge on any atom is -0.245 e. The lowest BCUT2D eigenvalue weighted by Gasteiger charge is -2.20. The van der Waals surface area contributed by atoms with Crippen LogP contribution in [-0.4, -0.2) is 23.1 Å². The van der Waals surface area contributed by atoms with Gasteiger partial charge in [-0.15, -0.1) is 0 Å². The zero-order valence-electron chi connectivity index (χ0n) is 6.98. The third-order valence-corrected chi connectivity index (χ3v) is 2.32. The summed E-state index contributed by atoms with van der Waals surface area (Å²) in [4.78, 5) is 8.04. The van der Waals surface area contributed by atoms with E-state index in [0.717, 1.165) is 25.9 Å². The Balaban J connectivity index is 2.08. The summed E-state index contributed by atoms with van der Waals surface area (Å²) < 4.78 is 0. The van der Waals surface area contributed by atoms with E-state index in [9.17, 15) is 0 Å². The molecular weight excluding hydrogens is 150 g/mol.